The van der Waals surface area contributed by atoms with Crippen LogP contribution in [0.25, 0.3) is 87.7 Å². The van der Waals surface area contributed by atoms with Crippen molar-refractivity contribution in [3.8, 4) is 22.3 Å². The highest BCUT2D eigenvalue weighted by Gasteiger charge is 2.21. The Labute approximate surface area is 311 Å². The lowest BCUT2D eigenvalue weighted by molar-refractivity contribution is 0.669. The summed E-state index contributed by atoms with van der Waals surface area (Å²) < 4.78 is 50.9. The third kappa shape index (κ3) is 4.75. The molecular formula is C50H31NO2. The molecule has 0 radical (unpaired) electrons. The molecule has 53 heavy (non-hydrogen) atoms. The van der Waals surface area contributed by atoms with Gasteiger partial charge in [0.15, 0.2) is 0 Å². The van der Waals surface area contributed by atoms with Crippen LogP contribution in [-0.2, 0) is 0 Å². The molecule has 0 aliphatic heterocycles. The molecule has 0 atom stereocenters. The van der Waals surface area contributed by atoms with Crippen molar-refractivity contribution in [1.29, 1.82) is 0 Å². The lowest BCUT2D eigenvalue weighted by Gasteiger charge is -2.26. The molecule has 2 heterocycles. The number of hydrogen-bond acceptors (Lipinski definition) is 3. The highest BCUT2D eigenvalue weighted by atomic mass is 16.3. The molecule has 0 fully saturated rings. The highest BCUT2D eigenvalue weighted by Crippen LogP contribution is 2.45. The Morgan fingerprint density at radius 2 is 1.06 bits per heavy atom. The molecule has 0 spiro atoms. The summed E-state index contributed by atoms with van der Waals surface area (Å²) in [6, 6.07) is 53.5. The van der Waals surface area contributed by atoms with Crippen LogP contribution in [0.3, 0.4) is 0 Å². The molecule has 0 saturated heterocycles. The first-order valence-corrected chi connectivity index (χ1v) is 17.7. The van der Waals surface area contributed by atoms with Crippen LogP contribution in [-0.4, -0.2) is 0 Å². The largest absolute Gasteiger partial charge is 0.456 e. The van der Waals surface area contributed by atoms with Gasteiger partial charge in [-0.3, -0.25) is 0 Å². The minimum Gasteiger partial charge on any atom is -0.456 e. The van der Waals surface area contributed by atoms with Crippen LogP contribution in [0.4, 0.5) is 17.1 Å². The number of benzene rings is 9. The molecule has 0 unspecified atom stereocenters. The third-order valence-electron chi connectivity index (χ3n) is 10.3. The van der Waals surface area contributed by atoms with E-state index in [1.54, 1.807) is 6.07 Å². The van der Waals surface area contributed by atoms with Gasteiger partial charge in [-0.05, 0) is 99.0 Å². The van der Waals surface area contributed by atoms with Gasteiger partial charge in [-0.2, -0.15) is 0 Å². The zero-order valence-electron chi connectivity index (χ0n) is 32.4. The predicted molar refractivity (Wildman–Crippen MR) is 222 cm³/mol. The summed E-state index contributed by atoms with van der Waals surface area (Å²) in [5, 5.41) is 7.82. The fourth-order valence-corrected chi connectivity index (χ4v) is 7.82. The Balaban J connectivity index is 1.15. The third-order valence-corrected chi connectivity index (χ3v) is 10.3. The number of nitrogens with zero attached hydrogens (tertiary/aromatic N) is 1. The molecule has 3 heteroatoms. The molecule has 0 aliphatic rings. The van der Waals surface area contributed by atoms with E-state index in [0.29, 0.717) is 28.1 Å². The highest BCUT2D eigenvalue weighted by molar-refractivity contribution is 6.19. The zero-order valence-corrected chi connectivity index (χ0v) is 28.4. The van der Waals surface area contributed by atoms with Crippen molar-refractivity contribution in [3.05, 3.63) is 188 Å². The predicted octanol–water partition coefficient (Wildman–Crippen LogP) is 14.6. The molecule has 2 aromatic heterocycles. The summed E-state index contributed by atoms with van der Waals surface area (Å²) in [6.07, 6.45) is 0. The van der Waals surface area contributed by atoms with Crippen LogP contribution in [0.5, 0.6) is 0 Å². The molecule has 0 aliphatic carbocycles. The van der Waals surface area contributed by atoms with Crippen LogP contribution in [0, 0.1) is 0 Å². The number of furan rings is 2. The summed E-state index contributed by atoms with van der Waals surface area (Å²) >= 11 is 0. The molecule has 3 nitrogen and oxygen atoms in total. The summed E-state index contributed by atoms with van der Waals surface area (Å²) in [6.45, 7) is 0. The standard InChI is InChI=1S/C50H31NO2/c1-3-12-39-33(9-1)11-7-15-40(39)35-21-27-38(28-22-35)51(45-16-8-18-48-49(45)43-29-23-34-10-2-4-13-41(34)50(43)53-48)37-25-19-32(20-26-37)36-24-30-47-44(31-36)42-14-5-6-17-46(42)52-47/h1-31H/i19D,20D,25D,26D. The normalized spacial score (nSPS) is 12.8. The van der Waals surface area contributed by atoms with E-state index in [4.69, 9.17) is 8.83 Å². The van der Waals surface area contributed by atoms with E-state index in [1.165, 1.54) is 0 Å². The van der Waals surface area contributed by atoms with E-state index in [1.807, 2.05) is 95.9 Å². The lowest BCUT2D eigenvalue weighted by Crippen LogP contribution is -2.10. The van der Waals surface area contributed by atoms with Crippen molar-refractivity contribution in [3.63, 3.8) is 0 Å². The second kappa shape index (κ2) is 11.7. The van der Waals surface area contributed by atoms with Gasteiger partial charge in [-0.25, -0.2) is 0 Å². The Hall–Kier alpha value is -7.10. The van der Waals surface area contributed by atoms with E-state index >= 15 is 0 Å². The number of para-hydroxylation sites is 1. The molecule has 0 saturated carbocycles. The maximum absolute atomic E-state index is 9.65. The first-order chi connectivity index (χ1) is 27.9. The van der Waals surface area contributed by atoms with E-state index in [0.717, 1.165) is 65.4 Å². The van der Waals surface area contributed by atoms with Crippen LogP contribution >= 0.6 is 0 Å². The summed E-state index contributed by atoms with van der Waals surface area (Å²) in [5.74, 6) is 0. The molecule has 248 valence electrons. The quantitative estimate of drug-likeness (QED) is 0.181. The average Bonchev–Trinajstić information content (AvgIpc) is 3.83. The first kappa shape index (κ1) is 25.8. The second-order valence-corrected chi connectivity index (χ2v) is 13.4. The zero-order chi connectivity index (χ0) is 38.4. The van der Waals surface area contributed by atoms with Gasteiger partial charge in [0.25, 0.3) is 0 Å². The molecule has 0 N–H and O–H groups in total. The van der Waals surface area contributed by atoms with Crippen molar-refractivity contribution in [2.24, 2.45) is 0 Å². The first-order valence-electron chi connectivity index (χ1n) is 19.7. The van der Waals surface area contributed by atoms with E-state index in [2.05, 4.69) is 66.7 Å². The van der Waals surface area contributed by atoms with Crippen LogP contribution in [0.1, 0.15) is 5.48 Å². The van der Waals surface area contributed by atoms with Crippen molar-refractivity contribution in [2.75, 3.05) is 4.90 Å². The molecular weight excluding hydrogens is 647 g/mol. The fraction of sp³-hybridized carbons (Fsp3) is 0. The molecule has 0 bridgehead atoms. The average molecular weight is 682 g/mol. The number of rotatable bonds is 5. The number of hydrogen-bond donors (Lipinski definition) is 0. The fourth-order valence-electron chi connectivity index (χ4n) is 7.82. The number of fused-ring (bicyclic) bond motifs is 9. The van der Waals surface area contributed by atoms with Gasteiger partial charge in [0, 0.05) is 32.9 Å². The monoisotopic (exact) mass is 681 g/mol. The number of anilines is 3. The van der Waals surface area contributed by atoms with Gasteiger partial charge in [0.2, 0.25) is 0 Å². The van der Waals surface area contributed by atoms with Crippen LogP contribution < -0.4 is 4.90 Å². The van der Waals surface area contributed by atoms with E-state index in [9.17, 15) is 5.48 Å². The molecule has 9 aromatic carbocycles. The van der Waals surface area contributed by atoms with Crippen LogP contribution in [0.2, 0.25) is 0 Å². The van der Waals surface area contributed by atoms with Crippen molar-refractivity contribution < 1.29 is 14.3 Å². The maximum atomic E-state index is 9.65. The van der Waals surface area contributed by atoms with E-state index < -0.39 is 0 Å². The van der Waals surface area contributed by atoms with Gasteiger partial charge in [0.1, 0.15) is 22.3 Å². The maximum Gasteiger partial charge on any atom is 0.143 e. The second-order valence-electron chi connectivity index (χ2n) is 13.4. The molecule has 11 aromatic rings. The van der Waals surface area contributed by atoms with Gasteiger partial charge in [0.05, 0.1) is 16.6 Å². The minimum atomic E-state index is -0.156. The van der Waals surface area contributed by atoms with Gasteiger partial charge in [-0.15, -0.1) is 0 Å². The Bertz CT molecular complexity index is 3390. The van der Waals surface area contributed by atoms with Crippen molar-refractivity contribution >= 4 is 82.5 Å². The summed E-state index contributed by atoms with van der Waals surface area (Å²) in [5.41, 5.74) is 7.27. The molecule has 11 rings (SSSR count). The van der Waals surface area contributed by atoms with Gasteiger partial charge >= 0.3 is 0 Å². The Morgan fingerprint density at radius 3 is 1.91 bits per heavy atom. The van der Waals surface area contributed by atoms with Gasteiger partial charge < -0.3 is 13.7 Å². The van der Waals surface area contributed by atoms with Crippen molar-refractivity contribution in [2.45, 2.75) is 0 Å². The lowest BCUT2D eigenvalue weighted by atomic mass is 9.98. The summed E-state index contributed by atoms with van der Waals surface area (Å²) in [7, 11) is 0. The summed E-state index contributed by atoms with van der Waals surface area (Å²) in [4.78, 5) is 1.86. The van der Waals surface area contributed by atoms with E-state index in [-0.39, 0.29) is 35.4 Å². The smallest absolute Gasteiger partial charge is 0.143 e. The SMILES string of the molecule is [2H]c1c([2H])c(N(c2ccc(-c3cccc4ccccc34)cc2)c2cccc3oc4c5ccccc5ccc4c23)c([2H])c([2H])c1-c1ccc2oc3ccccc3c2c1. The minimum absolute atomic E-state index is 0.134. The topological polar surface area (TPSA) is 29.5 Å². The van der Waals surface area contributed by atoms with Crippen molar-refractivity contribution in [1.82, 2.24) is 0 Å². The van der Waals surface area contributed by atoms with Gasteiger partial charge in [-0.1, -0.05) is 127 Å². The van der Waals surface area contributed by atoms with Crippen LogP contribution in [0.15, 0.2) is 197 Å². The Kier molecular flexibility index (Phi) is 5.71. The Morgan fingerprint density at radius 1 is 0.396 bits per heavy atom. The molecule has 0 amide bonds.